The summed E-state index contributed by atoms with van der Waals surface area (Å²) in [7, 11) is 0. The molecule has 0 aliphatic heterocycles. The lowest BCUT2D eigenvalue weighted by Crippen LogP contribution is -2.35. The number of aliphatic hydroxyl groups is 1. The third kappa shape index (κ3) is 3.67. The molecule has 7 nitrogen and oxygen atoms in total. The Hall–Kier alpha value is -2.15. The fourth-order valence-electron chi connectivity index (χ4n) is 2.35. The molecule has 1 saturated carbocycles. The molecule has 108 valence electrons. The maximum atomic E-state index is 11.7. The van der Waals surface area contributed by atoms with Gasteiger partial charge in [-0.15, -0.1) is 0 Å². The van der Waals surface area contributed by atoms with Crippen LogP contribution in [-0.4, -0.2) is 28.7 Å². The second kappa shape index (κ2) is 6.33. The van der Waals surface area contributed by atoms with Crippen LogP contribution >= 0.6 is 0 Å². The molecule has 7 heteroatoms. The molecule has 1 aromatic rings. The van der Waals surface area contributed by atoms with Crippen molar-refractivity contribution in [1.82, 2.24) is 5.32 Å². The molecule has 2 rings (SSSR count). The first-order valence-corrected chi connectivity index (χ1v) is 6.53. The van der Waals surface area contributed by atoms with Crippen LogP contribution in [0.25, 0.3) is 0 Å². The highest BCUT2D eigenvalue weighted by molar-refractivity contribution is 5.89. The monoisotopic (exact) mass is 279 g/mol. The summed E-state index contributed by atoms with van der Waals surface area (Å²) in [6.45, 7) is 0.405. The molecule has 0 radical (unpaired) electrons. The van der Waals surface area contributed by atoms with Gasteiger partial charge in [-0.05, 0) is 18.9 Å². The van der Waals surface area contributed by atoms with Gasteiger partial charge in [-0.2, -0.15) is 0 Å². The molecule has 1 aliphatic rings. The van der Waals surface area contributed by atoms with E-state index in [0.29, 0.717) is 12.2 Å². The Bertz CT molecular complexity index is 506. The minimum Gasteiger partial charge on any atom is -0.393 e. The topological polar surface area (TPSA) is 104 Å². The summed E-state index contributed by atoms with van der Waals surface area (Å²) in [5.41, 5.74) is 0.290. The Kier molecular flexibility index (Phi) is 4.52. The van der Waals surface area contributed by atoms with Crippen molar-refractivity contribution in [3.63, 3.8) is 0 Å². The zero-order valence-corrected chi connectivity index (χ0v) is 10.9. The summed E-state index contributed by atoms with van der Waals surface area (Å²) in [6.07, 6.45) is 2.30. The molecule has 2 amide bonds. The maximum absolute atomic E-state index is 11.7. The molecular formula is C13H17N3O4. The van der Waals surface area contributed by atoms with Crippen molar-refractivity contribution in [3.8, 4) is 0 Å². The van der Waals surface area contributed by atoms with Crippen LogP contribution in [-0.2, 0) is 0 Å². The fraction of sp³-hybridized carbons (Fsp3) is 0.462. The average Bonchev–Trinajstić information content (AvgIpc) is 2.82. The number of amides is 2. The van der Waals surface area contributed by atoms with Gasteiger partial charge in [0.25, 0.3) is 5.69 Å². The fourth-order valence-corrected chi connectivity index (χ4v) is 2.35. The lowest BCUT2D eigenvalue weighted by atomic mass is 10.1. The minimum atomic E-state index is -0.516. The summed E-state index contributed by atoms with van der Waals surface area (Å²) < 4.78 is 0. The normalized spacial score (nSPS) is 21.4. The van der Waals surface area contributed by atoms with Crippen molar-refractivity contribution in [1.29, 1.82) is 0 Å². The zero-order valence-electron chi connectivity index (χ0n) is 10.9. The predicted octanol–water partition coefficient (Wildman–Crippen LogP) is 1.88. The first-order valence-electron chi connectivity index (χ1n) is 6.53. The quantitative estimate of drug-likeness (QED) is 0.578. The van der Waals surface area contributed by atoms with E-state index in [1.54, 1.807) is 6.07 Å². The number of anilines is 1. The van der Waals surface area contributed by atoms with E-state index >= 15 is 0 Å². The lowest BCUT2D eigenvalue weighted by molar-refractivity contribution is -0.384. The highest BCUT2D eigenvalue weighted by Crippen LogP contribution is 2.24. The number of urea groups is 1. The van der Waals surface area contributed by atoms with Gasteiger partial charge in [-0.25, -0.2) is 4.79 Å². The van der Waals surface area contributed by atoms with Gasteiger partial charge in [0, 0.05) is 30.3 Å². The molecule has 3 N–H and O–H groups in total. The van der Waals surface area contributed by atoms with Crippen molar-refractivity contribution in [2.45, 2.75) is 25.4 Å². The summed E-state index contributed by atoms with van der Waals surface area (Å²) in [4.78, 5) is 21.8. The maximum Gasteiger partial charge on any atom is 0.319 e. The third-order valence-corrected chi connectivity index (χ3v) is 3.46. The summed E-state index contributed by atoms with van der Waals surface area (Å²) >= 11 is 0. The number of hydrogen-bond donors (Lipinski definition) is 3. The molecule has 0 spiro atoms. The standard InChI is InChI=1S/C13H17N3O4/c17-12-6-1-3-9(12)8-14-13(18)15-10-4-2-5-11(7-10)16(19)20/h2,4-5,7,9,12,17H,1,3,6,8H2,(H2,14,15,18). The number of nitro groups is 1. The van der Waals surface area contributed by atoms with E-state index in [1.165, 1.54) is 18.2 Å². The van der Waals surface area contributed by atoms with Gasteiger partial charge < -0.3 is 15.7 Å². The van der Waals surface area contributed by atoms with Crippen molar-refractivity contribution in [2.75, 3.05) is 11.9 Å². The zero-order chi connectivity index (χ0) is 14.5. The minimum absolute atomic E-state index is 0.0750. The van der Waals surface area contributed by atoms with E-state index < -0.39 is 11.0 Å². The van der Waals surface area contributed by atoms with Gasteiger partial charge in [0.2, 0.25) is 0 Å². The van der Waals surface area contributed by atoms with Gasteiger partial charge in [0.1, 0.15) is 0 Å². The van der Waals surface area contributed by atoms with Crippen LogP contribution in [0.5, 0.6) is 0 Å². The third-order valence-electron chi connectivity index (χ3n) is 3.46. The van der Waals surface area contributed by atoms with Crippen molar-refractivity contribution in [2.24, 2.45) is 5.92 Å². The van der Waals surface area contributed by atoms with Crippen LogP contribution < -0.4 is 10.6 Å². The number of carbonyl (C=O) groups is 1. The average molecular weight is 279 g/mol. The van der Waals surface area contributed by atoms with E-state index in [4.69, 9.17) is 0 Å². The highest BCUT2D eigenvalue weighted by Gasteiger charge is 2.25. The lowest BCUT2D eigenvalue weighted by Gasteiger charge is -2.15. The molecule has 20 heavy (non-hydrogen) atoms. The number of nitro benzene ring substituents is 1. The second-order valence-electron chi connectivity index (χ2n) is 4.90. The molecule has 2 unspecified atom stereocenters. The van der Waals surface area contributed by atoms with Crippen LogP contribution in [0.1, 0.15) is 19.3 Å². The Labute approximate surface area is 116 Å². The molecule has 1 aliphatic carbocycles. The second-order valence-corrected chi connectivity index (χ2v) is 4.90. The van der Waals surface area contributed by atoms with E-state index in [2.05, 4.69) is 10.6 Å². The number of nitrogens with zero attached hydrogens (tertiary/aromatic N) is 1. The van der Waals surface area contributed by atoms with Crippen LogP contribution in [0.2, 0.25) is 0 Å². The van der Waals surface area contributed by atoms with Crippen LogP contribution in [0.3, 0.4) is 0 Å². The van der Waals surface area contributed by atoms with E-state index in [0.717, 1.165) is 19.3 Å². The molecule has 0 heterocycles. The molecule has 0 aromatic heterocycles. The van der Waals surface area contributed by atoms with Crippen LogP contribution in [0.4, 0.5) is 16.2 Å². The first kappa shape index (κ1) is 14.3. The molecule has 0 bridgehead atoms. The Morgan fingerprint density at radius 2 is 2.25 bits per heavy atom. The highest BCUT2D eigenvalue weighted by atomic mass is 16.6. The van der Waals surface area contributed by atoms with E-state index in [-0.39, 0.29) is 17.7 Å². The Morgan fingerprint density at radius 3 is 2.90 bits per heavy atom. The predicted molar refractivity (Wildman–Crippen MR) is 73.5 cm³/mol. The number of non-ortho nitro benzene ring substituents is 1. The Balaban J connectivity index is 1.85. The number of rotatable bonds is 4. The smallest absolute Gasteiger partial charge is 0.319 e. The first-order chi connectivity index (χ1) is 9.56. The van der Waals surface area contributed by atoms with Crippen molar-refractivity contribution in [3.05, 3.63) is 34.4 Å². The molecule has 0 saturated heterocycles. The number of carbonyl (C=O) groups excluding carboxylic acids is 1. The van der Waals surface area contributed by atoms with Crippen molar-refractivity contribution >= 4 is 17.4 Å². The molecule has 1 fully saturated rings. The number of nitrogens with one attached hydrogen (secondary N) is 2. The van der Waals surface area contributed by atoms with Gasteiger partial charge in [-0.3, -0.25) is 10.1 Å². The van der Waals surface area contributed by atoms with Crippen molar-refractivity contribution < 1.29 is 14.8 Å². The Morgan fingerprint density at radius 1 is 1.45 bits per heavy atom. The number of aliphatic hydroxyl groups excluding tert-OH is 1. The van der Waals surface area contributed by atoms with Crippen LogP contribution in [0, 0.1) is 16.0 Å². The largest absolute Gasteiger partial charge is 0.393 e. The summed E-state index contributed by atoms with van der Waals surface area (Å²) in [5, 5.41) is 25.5. The van der Waals surface area contributed by atoms with Gasteiger partial charge in [-0.1, -0.05) is 12.5 Å². The molecule has 2 atom stereocenters. The van der Waals surface area contributed by atoms with Crippen LogP contribution in [0.15, 0.2) is 24.3 Å². The number of benzene rings is 1. The molecule has 1 aromatic carbocycles. The summed E-state index contributed by atoms with van der Waals surface area (Å²) in [5.74, 6) is 0.0888. The SMILES string of the molecule is O=C(NCC1CCCC1O)Nc1cccc([N+](=O)[O-])c1. The molecular weight excluding hydrogens is 262 g/mol. The van der Waals surface area contributed by atoms with Gasteiger partial charge in [0.15, 0.2) is 0 Å². The number of hydrogen-bond acceptors (Lipinski definition) is 4. The van der Waals surface area contributed by atoms with Gasteiger partial charge >= 0.3 is 6.03 Å². The van der Waals surface area contributed by atoms with E-state index in [9.17, 15) is 20.0 Å². The van der Waals surface area contributed by atoms with Gasteiger partial charge in [0.05, 0.1) is 11.0 Å². The summed E-state index contributed by atoms with van der Waals surface area (Å²) in [6, 6.07) is 5.32. The van der Waals surface area contributed by atoms with E-state index in [1.807, 2.05) is 0 Å².